The first-order chi connectivity index (χ1) is 13.4. The van der Waals surface area contributed by atoms with Crippen molar-refractivity contribution in [3.8, 4) is 0 Å². The summed E-state index contributed by atoms with van der Waals surface area (Å²) in [6, 6.07) is 13.3. The van der Waals surface area contributed by atoms with Crippen LogP contribution in [-0.4, -0.2) is 38.3 Å². The molecule has 28 heavy (non-hydrogen) atoms. The number of aryl methyl sites for hydroxylation is 1. The Morgan fingerprint density at radius 1 is 1.11 bits per heavy atom. The van der Waals surface area contributed by atoms with Gasteiger partial charge in [-0.1, -0.05) is 35.9 Å². The minimum absolute atomic E-state index is 0.0938. The average molecular weight is 405 g/mol. The molecule has 1 saturated heterocycles. The van der Waals surface area contributed by atoms with E-state index < -0.39 is 10.0 Å². The van der Waals surface area contributed by atoms with Gasteiger partial charge >= 0.3 is 0 Å². The summed E-state index contributed by atoms with van der Waals surface area (Å²) in [5.74, 6) is -0.583. The SMILES string of the molecule is Cc1ccc(S(=O)(=O)N2CCC(C(=O)NCCc3ccccc3F)CC2)cc1. The van der Waals surface area contributed by atoms with Crippen LogP contribution in [0, 0.1) is 18.7 Å². The molecule has 1 aliphatic rings. The van der Waals surface area contributed by atoms with E-state index in [2.05, 4.69) is 5.32 Å². The number of hydrogen-bond acceptors (Lipinski definition) is 3. The Kier molecular flexibility index (Phi) is 6.46. The summed E-state index contributed by atoms with van der Waals surface area (Å²) < 4.78 is 40.5. The molecule has 1 amide bonds. The van der Waals surface area contributed by atoms with Gasteiger partial charge < -0.3 is 5.32 Å². The third-order valence-corrected chi connectivity index (χ3v) is 7.05. The predicted octanol–water partition coefficient (Wildman–Crippen LogP) is 2.89. The molecule has 0 spiro atoms. The number of halogens is 1. The predicted molar refractivity (Wildman–Crippen MR) is 106 cm³/mol. The van der Waals surface area contributed by atoms with Gasteiger partial charge in [-0.15, -0.1) is 0 Å². The zero-order valence-electron chi connectivity index (χ0n) is 15.9. The molecule has 1 heterocycles. The van der Waals surface area contributed by atoms with Crippen LogP contribution in [-0.2, 0) is 21.2 Å². The van der Waals surface area contributed by atoms with Crippen LogP contribution in [0.2, 0.25) is 0 Å². The first kappa shape index (κ1) is 20.5. The maximum atomic E-state index is 13.6. The highest BCUT2D eigenvalue weighted by molar-refractivity contribution is 7.89. The molecule has 0 unspecified atom stereocenters. The third kappa shape index (κ3) is 4.77. The molecule has 3 rings (SSSR count). The van der Waals surface area contributed by atoms with Crippen LogP contribution in [0.3, 0.4) is 0 Å². The topological polar surface area (TPSA) is 66.5 Å². The van der Waals surface area contributed by atoms with Crippen molar-refractivity contribution >= 4 is 15.9 Å². The Morgan fingerprint density at radius 2 is 1.75 bits per heavy atom. The first-order valence-corrected chi connectivity index (χ1v) is 10.9. The van der Waals surface area contributed by atoms with Crippen LogP contribution in [0.5, 0.6) is 0 Å². The zero-order chi connectivity index (χ0) is 20.1. The highest BCUT2D eigenvalue weighted by Gasteiger charge is 2.31. The van der Waals surface area contributed by atoms with Gasteiger partial charge in [-0.3, -0.25) is 4.79 Å². The molecule has 7 heteroatoms. The van der Waals surface area contributed by atoms with E-state index in [1.54, 1.807) is 42.5 Å². The minimum atomic E-state index is -3.53. The fourth-order valence-electron chi connectivity index (χ4n) is 3.38. The Balaban J connectivity index is 1.50. The summed E-state index contributed by atoms with van der Waals surface area (Å²) in [5.41, 5.74) is 1.58. The second-order valence-corrected chi connectivity index (χ2v) is 9.06. The summed E-state index contributed by atoms with van der Waals surface area (Å²) >= 11 is 0. The molecule has 0 aliphatic carbocycles. The summed E-state index contributed by atoms with van der Waals surface area (Å²) in [5, 5.41) is 2.85. The molecular weight excluding hydrogens is 379 g/mol. The Hall–Kier alpha value is -2.25. The fourth-order valence-corrected chi connectivity index (χ4v) is 4.85. The van der Waals surface area contributed by atoms with Gasteiger partial charge in [0, 0.05) is 25.6 Å². The van der Waals surface area contributed by atoms with Crippen LogP contribution in [0.4, 0.5) is 4.39 Å². The molecule has 1 aliphatic heterocycles. The molecule has 1 fully saturated rings. The van der Waals surface area contributed by atoms with Crippen molar-refractivity contribution in [2.75, 3.05) is 19.6 Å². The van der Waals surface area contributed by atoms with Gasteiger partial charge in [0.1, 0.15) is 5.82 Å². The van der Waals surface area contributed by atoms with E-state index in [1.807, 2.05) is 6.92 Å². The van der Waals surface area contributed by atoms with Crippen molar-refractivity contribution in [2.24, 2.45) is 5.92 Å². The lowest BCUT2D eigenvalue weighted by molar-refractivity contribution is -0.126. The number of benzene rings is 2. The first-order valence-electron chi connectivity index (χ1n) is 9.46. The Labute approximate surface area is 165 Å². The normalized spacial score (nSPS) is 16.1. The van der Waals surface area contributed by atoms with Gasteiger partial charge in [0.05, 0.1) is 4.90 Å². The smallest absolute Gasteiger partial charge is 0.243 e. The molecule has 5 nitrogen and oxygen atoms in total. The van der Waals surface area contributed by atoms with E-state index in [1.165, 1.54) is 10.4 Å². The quantitative estimate of drug-likeness (QED) is 0.805. The van der Waals surface area contributed by atoms with Crippen molar-refractivity contribution in [2.45, 2.75) is 31.1 Å². The maximum absolute atomic E-state index is 13.6. The molecular formula is C21H25FN2O3S. The summed E-state index contributed by atoms with van der Waals surface area (Å²) in [6.45, 7) is 2.91. The number of rotatable bonds is 6. The van der Waals surface area contributed by atoms with Crippen molar-refractivity contribution in [3.63, 3.8) is 0 Å². The van der Waals surface area contributed by atoms with E-state index in [0.29, 0.717) is 44.5 Å². The lowest BCUT2D eigenvalue weighted by Crippen LogP contribution is -2.43. The van der Waals surface area contributed by atoms with Gasteiger partial charge in [0.2, 0.25) is 15.9 Å². The molecule has 0 radical (unpaired) electrons. The molecule has 0 bridgehead atoms. The van der Waals surface area contributed by atoms with E-state index in [9.17, 15) is 17.6 Å². The molecule has 150 valence electrons. The van der Waals surface area contributed by atoms with Gasteiger partial charge in [-0.2, -0.15) is 4.31 Å². The molecule has 0 aromatic heterocycles. The molecule has 0 saturated carbocycles. The van der Waals surface area contributed by atoms with Crippen LogP contribution in [0.25, 0.3) is 0 Å². The molecule has 1 N–H and O–H groups in total. The second-order valence-electron chi connectivity index (χ2n) is 7.12. The maximum Gasteiger partial charge on any atom is 0.243 e. The van der Waals surface area contributed by atoms with E-state index in [0.717, 1.165) is 5.56 Å². The van der Waals surface area contributed by atoms with Gasteiger partial charge in [0.25, 0.3) is 0 Å². The van der Waals surface area contributed by atoms with Crippen molar-refractivity contribution in [1.29, 1.82) is 0 Å². The summed E-state index contributed by atoms with van der Waals surface area (Å²) in [7, 11) is -3.53. The van der Waals surface area contributed by atoms with Gasteiger partial charge in [0.15, 0.2) is 0 Å². The van der Waals surface area contributed by atoms with Gasteiger partial charge in [-0.05, 0) is 49.9 Å². The number of carbonyl (C=O) groups is 1. The zero-order valence-corrected chi connectivity index (χ0v) is 16.7. The van der Waals surface area contributed by atoms with Crippen molar-refractivity contribution in [3.05, 3.63) is 65.5 Å². The van der Waals surface area contributed by atoms with Crippen LogP contribution >= 0.6 is 0 Å². The lowest BCUT2D eigenvalue weighted by Gasteiger charge is -2.30. The van der Waals surface area contributed by atoms with Crippen LogP contribution in [0.1, 0.15) is 24.0 Å². The monoisotopic (exact) mass is 404 g/mol. The van der Waals surface area contributed by atoms with Crippen molar-refractivity contribution < 1.29 is 17.6 Å². The lowest BCUT2D eigenvalue weighted by atomic mass is 9.97. The number of nitrogens with zero attached hydrogens (tertiary/aromatic N) is 1. The van der Waals surface area contributed by atoms with Crippen LogP contribution < -0.4 is 5.32 Å². The molecule has 2 aromatic rings. The Morgan fingerprint density at radius 3 is 2.39 bits per heavy atom. The van der Waals surface area contributed by atoms with E-state index in [-0.39, 0.29) is 22.5 Å². The summed E-state index contributed by atoms with van der Waals surface area (Å²) in [6.07, 6.45) is 1.40. The summed E-state index contributed by atoms with van der Waals surface area (Å²) in [4.78, 5) is 12.6. The minimum Gasteiger partial charge on any atom is -0.356 e. The third-order valence-electron chi connectivity index (χ3n) is 5.13. The average Bonchev–Trinajstić information content (AvgIpc) is 2.70. The molecule has 2 aromatic carbocycles. The highest BCUT2D eigenvalue weighted by atomic mass is 32.2. The van der Waals surface area contributed by atoms with E-state index >= 15 is 0 Å². The van der Waals surface area contributed by atoms with Crippen LogP contribution in [0.15, 0.2) is 53.4 Å². The molecule has 0 atom stereocenters. The standard InChI is InChI=1S/C21H25FN2O3S/c1-16-6-8-19(9-7-16)28(26,27)24-14-11-18(12-15-24)21(25)23-13-10-17-4-2-3-5-20(17)22/h2-9,18H,10-15H2,1H3,(H,23,25). The largest absolute Gasteiger partial charge is 0.356 e. The number of carbonyl (C=O) groups excluding carboxylic acids is 1. The highest BCUT2D eigenvalue weighted by Crippen LogP contribution is 2.24. The Bertz CT molecular complexity index is 921. The number of hydrogen-bond donors (Lipinski definition) is 1. The number of amides is 1. The van der Waals surface area contributed by atoms with Gasteiger partial charge in [-0.25, -0.2) is 12.8 Å². The van der Waals surface area contributed by atoms with Crippen molar-refractivity contribution in [1.82, 2.24) is 9.62 Å². The number of piperidine rings is 1. The second kappa shape index (κ2) is 8.84. The fraction of sp³-hybridized carbons (Fsp3) is 0.381. The van der Waals surface area contributed by atoms with E-state index in [4.69, 9.17) is 0 Å². The number of nitrogens with one attached hydrogen (secondary N) is 1. The number of sulfonamides is 1.